The first-order chi connectivity index (χ1) is 19.9. The maximum Gasteiger partial charge on any atom is 0.266 e. The average Bonchev–Trinajstić information content (AvgIpc) is 3.33. The van der Waals surface area contributed by atoms with Crippen LogP contribution in [0.3, 0.4) is 0 Å². The van der Waals surface area contributed by atoms with E-state index in [-0.39, 0.29) is 22.4 Å². The van der Waals surface area contributed by atoms with Crippen molar-refractivity contribution in [2.45, 2.75) is 40.0 Å². The van der Waals surface area contributed by atoms with Gasteiger partial charge in [0.2, 0.25) is 0 Å². The van der Waals surface area contributed by atoms with Gasteiger partial charge in [-0.1, -0.05) is 44.2 Å². The van der Waals surface area contributed by atoms with E-state index in [4.69, 9.17) is 4.74 Å². The second-order valence-electron chi connectivity index (χ2n) is 11.6. The zero-order valence-electron chi connectivity index (χ0n) is 24.4. The molecule has 0 saturated heterocycles. The van der Waals surface area contributed by atoms with Gasteiger partial charge < -0.3 is 4.74 Å². The van der Waals surface area contributed by atoms with Crippen LogP contribution in [0, 0.1) is 20.8 Å². The van der Waals surface area contributed by atoms with E-state index in [9.17, 15) is 19.2 Å². The number of rotatable bonds is 5. The summed E-state index contributed by atoms with van der Waals surface area (Å²) < 4.78 is 5.96. The number of carbonyl (C=O) groups is 4. The van der Waals surface area contributed by atoms with Crippen molar-refractivity contribution in [1.82, 2.24) is 4.90 Å². The van der Waals surface area contributed by atoms with Gasteiger partial charge in [-0.15, -0.1) is 0 Å². The number of amides is 4. The standard InChI is InChI=1S/C35H30N2O5/c1-19-7-9-22(15-21(19)3)35(4,5)23-10-8-20(2)30(16-23)37-33(40)27-14-12-25(18-29(27)34(37)41)42-24-11-13-26-28(17-24)32(39)36(6)31(26)38/h7-18H,1-6H3. The first-order valence-electron chi connectivity index (χ1n) is 13.7. The van der Waals surface area contributed by atoms with E-state index in [1.165, 1.54) is 29.1 Å². The Morgan fingerprint density at radius 2 is 1.05 bits per heavy atom. The number of fused-ring (bicyclic) bond motifs is 2. The summed E-state index contributed by atoms with van der Waals surface area (Å²) in [7, 11) is 1.43. The third-order valence-electron chi connectivity index (χ3n) is 8.56. The van der Waals surface area contributed by atoms with E-state index in [0.29, 0.717) is 28.3 Å². The van der Waals surface area contributed by atoms with Gasteiger partial charge in [-0.05, 0) is 91.1 Å². The molecule has 0 aromatic heterocycles. The highest BCUT2D eigenvalue weighted by atomic mass is 16.5. The third kappa shape index (κ3) is 4.12. The van der Waals surface area contributed by atoms with Gasteiger partial charge in [0.25, 0.3) is 23.6 Å². The molecule has 210 valence electrons. The maximum absolute atomic E-state index is 13.7. The largest absolute Gasteiger partial charge is 0.457 e. The number of hydrogen-bond donors (Lipinski definition) is 0. The molecule has 7 nitrogen and oxygen atoms in total. The molecule has 0 fully saturated rings. The Hall–Kier alpha value is -5.04. The van der Waals surface area contributed by atoms with Crippen LogP contribution in [0.25, 0.3) is 0 Å². The molecule has 0 saturated carbocycles. The summed E-state index contributed by atoms with van der Waals surface area (Å²) in [5.74, 6) is -0.903. The van der Waals surface area contributed by atoms with Crippen molar-refractivity contribution in [3.8, 4) is 11.5 Å². The van der Waals surface area contributed by atoms with Crippen molar-refractivity contribution in [1.29, 1.82) is 0 Å². The molecule has 0 bridgehead atoms. The minimum Gasteiger partial charge on any atom is -0.457 e. The van der Waals surface area contributed by atoms with E-state index < -0.39 is 17.7 Å². The molecule has 2 aliphatic heterocycles. The summed E-state index contributed by atoms with van der Waals surface area (Å²) in [6.45, 7) is 10.3. The predicted molar refractivity (Wildman–Crippen MR) is 160 cm³/mol. The lowest BCUT2D eigenvalue weighted by atomic mass is 9.77. The Kier molecular flexibility index (Phi) is 6.15. The van der Waals surface area contributed by atoms with Crippen molar-refractivity contribution in [2.24, 2.45) is 0 Å². The number of anilines is 1. The first-order valence-corrected chi connectivity index (χ1v) is 13.7. The van der Waals surface area contributed by atoms with Crippen LogP contribution in [0.1, 0.15) is 83.1 Å². The van der Waals surface area contributed by atoms with Crippen LogP contribution in [-0.4, -0.2) is 35.6 Å². The summed E-state index contributed by atoms with van der Waals surface area (Å²) in [5, 5.41) is 0. The number of ether oxygens (including phenoxy) is 1. The molecule has 0 unspecified atom stereocenters. The molecule has 2 heterocycles. The van der Waals surface area contributed by atoms with Crippen LogP contribution in [0.4, 0.5) is 5.69 Å². The minimum absolute atomic E-state index is 0.239. The first kappa shape index (κ1) is 27.1. The van der Waals surface area contributed by atoms with Crippen LogP contribution in [0.5, 0.6) is 11.5 Å². The fraction of sp³-hybridized carbons (Fsp3) is 0.200. The van der Waals surface area contributed by atoms with E-state index in [2.05, 4.69) is 45.9 Å². The number of hydrogen-bond acceptors (Lipinski definition) is 5. The lowest BCUT2D eigenvalue weighted by Gasteiger charge is -2.29. The molecule has 0 spiro atoms. The van der Waals surface area contributed by atoms with Crippen molar-refractivity contribution < 1.29 is 23.9 Å². The predicted octanol–water partition coefficient (Wildman–Crippen LogP) is 6.76. The van der Waals surface area contributed by atoms with Gasteiger partial charge in [0, 0.05) is 12.5 Å². The molecule has 2 aliphatic rings. The molecule has 4 aromatic carbocycles. The molecule has 0 aliphatic carbocycles. The van der Waals surface area contributed by atoms with E-state index in [1.54, 1.807) is 30.3 Å². The number of carbonyl (C=O) groups excluding carboxylic acids is 4. The second-order valence-corrected chi connectivity index (χ2v) is 11.6. The second kappa shape index (κ2) is 9.52. The molecular weight excluding hydrogens is 528 g/mol. The molecule has 4 amide bonds. The summed E-state index contributed by atoms with van der Waals surface area (Å²) in [6.07, 6.45) is 0. The van der Waals surface area contributed by atoms with E-state index >= 15 is 0 Å². The third-order valence-corrected chi connectivity index (χ3v) is 8.56. The highest BCUT2D eigenvalue weighted by molar-refractivity contribution is 6.34. The zero-order valence-corrected chi connectivity index (χ0v) is 24.4. The molecule has 42 heavy (non-hydrogen) atoms. The number of aryl methyl sites for hydroxylation is 3. The van der Waals surface area contributed by atoms with Crippen LogP contribution < -0.4 is 9.64 Å². The van der Waals surface area contributed by atoms with Crippen LogP contribution in [0.15, 0.2) is 72.8 Å². The molecule has 7 heteroatoms. The van der Waals surface area contributed by atoms with Gasteiger partial charge in [-0.25, -0.2) is 4.90 Å². The van der Waals surface area contributed by atoms with Gasteiger partial charge in [0.05, 0.1) is 27.9 Å². The molecule has 0 radical (unpaired) electrons. The summed E-state index contributed by atoms with van der Waals surface area (Å²) >= 11 is 0. The van der Waals surface area contributed by atoms with Gasteiger partial charge in [-0.3, -0.25) is 24.1 Å². The van der Waals surface area contributed by atoms with Crippen molar-refractivity contribution >= 4 is 29.3 Å². The summed E-state index contributed by atoms with van der Waals surface area (Å²) in [6, 6.07) is 21.8. The maximum atomic E-state index is 13.7. The molecular formula is C35H30N2O5. The fourth-order valence-corrected chi connectivity index (χ4v) is 5.58. The SMILES string of the molecule is Cc1ccc(C(C)(C)c2ccc(C)c(N3C(=O)c4ccc(Oc5ccc6c(c5)C(=O)N(C)C6=O)cc4C3=O)c2)cc1C. The quantitative estimate of drug-likeness (QED) is 0.253. The molecule has 0 atom stereocenters. The summed E-state index contributed by atoms with van der Waals surface area (Å²) in [5.41, 5.74) is 6.67. The lowest BCUT2D eigenvalue weighted by Crippen LogP contribution is -2.30. The highest BCUT2D eigenvalue weighted by Gasteiger charge is 2.39. The highest BCUT2D eigenvalue weighted by Crippen LogP contribution is 2.39. The Bertz CT molecular complexity index is 1870. The average molecular weight is 559 g/mol. The monoisotopic (exact) mass is 558 g/mol. The Morgan fingerprint density at radius 1 is 0.548 bits per heavy atom. The minimum atomic E-state index is -0.430. The van der Waals surface area contributed by atoms with Crippen LogP contribution in [0.2, 0.25) is 0 Å². The molecule has 0 N–H and O–H groups in total. The normalized spacial score (nSPS) is 14.5. The Morgan fingerprint density at radius 3 is 1.67 bits per heavy atom. The number of imide groups is 2. The number of benzene rings is 4. The summed E-state index contributed by atoms with van der Waals surface area (Å²) in [4.78, 5) is 54.2. The van der Waals surface area contributed by atoms with Crippen LogP contribution in [-0.2, 0) is 5.41 Å². The smallest absolute Gasteiger partial charge is 0.266 e. The van der Waals surface area contributed by atoms with Crippen molar-refractivity contribution in [3.63, 3.8) is 0 Å². The molecule has 6 rings (SSSR count). The van der Waals surface area contributed by atoms with Gasteiger partial charge in [-0.2, -0.15) is 0 Å². The van der Waals surface area contributed by atoms with Gasteiger partial charge in [0.1, 0.15) is 11.5 Å². The number of nitrogens with zero attached hydrogens (tertiary/aromatic N) is 2. The van der Waals surface area contributed by atoms with E-state index in [0.717, 1.165) is 21.6 Å². The van der Waals surface area contributed by atoms with E-state index in [1.807, 2.05) is 25.1 Å². The van der Waals surface area contributed by atoms with Crippen LogP contribution >= 0.6 is 0 Å². The van der Waals surface area contributed by atoms with Gasteiger partial charge in [0.15, 0.2) is 0 Å². The topological polar surface area (TPSA) is 84.0 Å². The van der Waals surface area contributed by atoms with Gasteiger partial charge >= 0.3 is 0 Å². The van der Waals surface area contributed by atoms with Crippen molar-refractivity contribution in [3.05, 3.63) is 123 Å². The Balaban J connectivity index is 1.31. The van der Waals surface area contributed by atoms with Crippen molar-refractivity contribution in [2.75, 3.05) is 11.9 Å². The lowest BCUT2D eigenvalue weighted by molar-refractivity contribution is 0.0692. The molecule has 4 aromatic rings. The fourth-order valence-electron chi connectivity index (χ4n) is 5.58. The Labute approximate surface area is 244 Å². The zero-order chi connectivity index (χ0) is 30.1.